The number of thioether (sulfide) groups is 1. The molecule has 5 rings (SSSR count). The third-order valence-electron chi connectivity index (χ3n) is 5.65. The number of carbonyl (C=O) groups is 2. The molecule has 2 atom stereocenters. The minimum atomic E-state index is -0.189. The van der Waals surface area contributed by atoms with Crippen molar-refractivity contribution in [3.8, 4) is 0 Å². The van der Waals surface area contributed by atoms with Crippen LogP contribution in [-0.4, -0.2) is 28.6 Å². The van der Waals surface area contributed by atoms with Crippen LogP contribution in [0.5, 0.6) is 0 Å². The number of hydrogen-bond acceptors (Lipinski definition) is 5. The minimum Gasteiger partial charge on any atom is -0.278 e. The van der Waals surface area contributed by atoms with Crippen LogP contribution in [0.15, 0.2) is 76.5 Å². The highest BCUT2D eigenvalue weighted by Crippen LogP contribution is 2.49. The van der Waals surface area contributed by atoms with E-state index in [1.165, 1.54) is 0 Å². The minimum absolute atomic E-state index is 0.0215. The maximum Gasteiger partial charge on any atom is 0.250 e. The van der Waals surface area contributed by atoms with Crippen LogP contribution in [0.4, 0.5) is 11.4 Å². The van der Waals surface area contributed by atoms with Crippen molar-refractivity contribution in [1.29, 1.82) is 0 Å². The Morgan fingerprint density at radius 2 is 1.76 bits per heavy atom. The van der Waals surface area contributed by atoms with Crippen LogP contribution in [0.2, 0.25) is 5.02 Å². The summed E-state index contributed by atoms with van der Waals surface area (Å²) in [5.41, 5.74) is 6.89. The highest BCUT2D eigenvalue weighted by molar-refractivity contribution is 8.01. The highest BCUT2D eigenvalue weighted by atomic mass is 35.5. The maximum absolute atomic E-state index is 13.5. The first kappa shape index (κ1) is 22.3. The first-order chi connectivity index (χ1) is 15.9. The van der Waals surface area contributed by atoms with E-state index in [2.05, 4.69) is 5.43 Å². The molecule has 3 aromatic carbocycles. The van der Waals surface area contributed by atoms with Crippen molar-refractivity contribution >= 4 is 58.3 Å². The van der Waals surface area contributed by atoms with Gasteiger partial charge in [0.15, 0.2) is 0 Å². The molecule has 33 heavy (non-hydrogen) atoms. The fourth-order valence-electron chi connectivity index (χ4n) is 3.97. The molecule has 2 aliphatic rings. The average molecular weight is 496 g/mol. The second-order valence-electron chi connectivity index (χ2n) is 8.00. The molecule has 1 saturated heterocycles. The number of benzene rings is 3. The number of anilines is 2. The zero-order chi connectivity index (χ0) is 23.1. The molecule has 0 bridgehead atoms. The van der Waals surface area contributed by atoms with Crippen LogP contribution in [0.25, 0.3) is 0 Å². The molecule has 168 valence electrons. The van der Waals surface area contributed by atoms with E-state index in [9.17, 15) is 9.59 Å². The van der Waals surface area contributed by atoms with E-state index in [-0.39, 0.29) is 29.0 Å². The van der Waals surface area contributed by atoms with E-state index in [0.29, 0.717) is 5.02 Å². The predicted molar refractivity (Wildman–Crippen MR) is 135 cm³/mol. The quantitative estimate of drug-likeness (QED) is 0.485. The van der Waals surface area contributed by atoms with Gasteiger partial charge in [-0.1, -0.05) is 65.3 Å². The smallest absolute Gasteiger partial charge is 0.250 e. The van der Waals surface area contributed by atoms with Crippen molar-refractivity contribution in [3.05, 3.63) is 82.9 Å². The number of nitrogens with one attached hydrogen (secondary N) is 1. The van der Waals surface area contributed by atoms with E-state index < -0.39 is 0 Å². The SMILES string of the molecule is Cc1ccc(C2SC(C)C(=O)N2NCC(=O)N2c3ccccc3Sc3ccc(Cl)cc32)cc1. The summed E-state index contributed by atoms with van der Waals surface area (Å²) in [5.74, 6) is -0.192. The molecule has 2 heterocycles. The molecule has 1 fully saturated rings. The molecule has 0 saturated carbocycles. The molecule has 2 amide bonds. The van der Waals surface area contributed by atoms with Crippen LogP contribution < -0.4 is 10.3 Å². The molecule has 2 unspecified atom stereocenters. The van der Waals surface area contributed by atoms with Gasteiger partial charge in [0.2, 0.25) is 5.91 Å². The van der Waals surface area contributed by atoms with Gasteiger partial charge in [-0.05, 0) is 49.7 Å². The lowest BCUT2D eigenvalue weighted by molar-refractivity contribution is -0.133. The molecule has 0 aliphatic carbocycles. The van der Waals surface area contributed by atoms with Gasteiger partial charge in [0.05, 0.1) is 23.2 Å². The number of aryl methyl sites for hydroxylation is 1. The summed E-state index contributed by atoms with van der Waals surface area (Å²) in [7, 11) is 0. The molecular weight excluding hydrogens is 474 g/mol. The number of para-hydroxylation sites is 1. The molecule has 5 nitrogen and oxygen atoms in total. The molecule has 0 aromatic heterocycles. The molecule has 2 aliphatic heterocycles. The highest BCUT2D eigenvalue weighted by Gasteiger charge is 2.39. The van der Waals surface area contributed by atoms with Crippen molar-refractivity contribution in [1.82, 2.24) is 10.4 Å². The third-order valence-corrected chi connectivity index (χ3v) is 8.37. The fourth-order valence-corrected chi connectivity index (χ4v) is 6.41. The summed E-state index contributed by atoms with van der Waals surface area (Å²) in [4.78, 5) is 30.1. The van der Waals surface area contributed by atoms with Crippen LogP contribution in [-0.2, 0) is 9.59 Å². The van der Waals surface area contributed by atoms with Gasteiger partial charge >= 0.3 is 0 Å². The van der Waals surface area contributed by atoms with Gasteiger partial charge in [-0.15, -0.1) is 11.8 Å². The Labute approximate surface area is 206 Å². The van der Waals surface area contributed by atoms with Gasteiger partial charge in [-0.25, -0.2) is 5.43 Å². The number of hydrazine groups is 1. The fraction of sp³-hybridized carbons (Fsp3) is 0.200. The number of halogens is 1. The van der Waals surface area contributed by atoms with Crippen molar-refractivity contribution in [2.24, 2.45) is 0 Å². The van der Waals surface area contributed by atoms with Crippen molar-refractivity contribution in [3.63, 3.8) is 0 Å². The lowest BCUT2D eigenvalue weighted by atomic mass is 10.1. The van der Waals surface area contributed by atoms with Crippen LogP contribution >= 0.6 is 35.1 Å². The second-order valence-corrected chi connectivity index (χ2v) is 10.9. The van der Waals surface area contributed by atoms with Crippen LogP contribution in [0.3, 0.4) is 0 Å². The number of fused-ring (bicyclic) bond motifs is 2. The first-order valence-electron chi connectivity index (χ1n) is 10.6. The summed E-state index contributed by atoms with van der Waals surface area (Å²) in [6, 6.07) is 21.5. The van der Waals surface area contributed by atoms with Crippen LogP contribution in [0, 0.1) is 6.92 Å². The number of amides is 2. The van der Waals surface area contributed by atoms with Gasteiger partial charge in [-0.2, -0.15) is 0 Å². The summed E-state index contributed by atoms with van der Waals surface area (Å²) in [6.07, 6.45) is 0. The molecule has 0 radical (unpaired) electrons. The molecular formula is C25H22ClN3O2S2. The molecule has 0 spiro atoms. The van der Waals surface area contributed by atoms with Crippen molar-refractivity contribution in [2.45, 2.75) is 34.3 Å². The van der Waals surface area contributed by atoms with E-state index in [4.69, 9.17) is 11.6 Å². The zero-order valence-corrected chi connectivity index (χ0v) is 20.5. The summed E-state index contributed by atoms with van der Waals surface area (Å²) in [6.45, 7) is 3.91. The number of hydrogen-bond donors (Lipinski definition) is 1. The van der Waals surface area contributed by atoms with Gasteiger partial charge in [0.1, 0.15) is 5.37 Å². The Balaban J connectivity index is 1.41. The Hall–Kier alpha value is -2.45. The Morgan fingerprint density at radius 3 is 2.55 bits per heavy atom. The lowest BCUT2D eigenvalue weighted by Crippen LogP contribution is -2.47. The summed E-state index contributed by atoms with van der Waals surface area (Å²) >= 11 is 9.46. The normalized spacial score (nSPS) is 19.4. The van der Waals surface area contributed by atoms with Gasteiger partial charge in [-0.3, -0.25) is 19.5 Å². The largest absolute Gasteiger partial charge is 0.278 e. The van der Waals surface area contributed by atoms with Gasteiger partial charge in [0, 0.05) is 14.8 Å². The van der Waals surface area contributed by atoms with Crippen molar-refractivity contribution in [2.75, 3.05) is 11.4 Å². The molecule has 3 aromatic rings. The van der Waals surface area contributed by atoms with Crippen LogP contribution in [0.1, 0.15) is 23.4 Å². The standard InChI is InChI=1S/C25H22ClN3O2S2/c1-15-7-9-17(10-8-15)25-29(24(31)16(2)32-25)27-14-23(30)28-19-5-3-4-6-21(19)33-22-12-11-18(26)13-20(22)28/h3-13,16,25,27H,14H2,1-2H3. The number of rotatable bonds is 4. The van der Waals surface area contributed by atoms with Gasteiger partial charge in [0.25, 0.3) is 5.91 Å². The van der Waals surface area contributed by atoms with E-state index >= 15 is 0 Å². The number of nitrogens with zero attached hydrogens (tertiary/aromatic N) is 2. The van der Waals surface area contributed by atoms with Gasteiger partial charge < -0.3 is 0 Å². The zero-order valence-electron chi connectivity index (χ0n) is 18.1. The monoisotopic (exact) mass is 495 g/mol. The first-order valence-corrected chi connectivity index (χ1v) is 12.7. The Bertz CT molecular complexity index is 1230. The molecule has 1 N–H and O–H groups in total. The summed E-state index contributed by atoms with van der Waals surface area (Å²) < 4.78 is 0. The molecule has 8 heteroatoms. The average Bonchev–Trinajstić information content (AvgIpc) is 3.10. The number of carbonyl (C=O) groups excluding carboxylic acids is 2. The predicted octanol–water partition coefficient (Wildman–Crippen LogP) is 5.95. The third kappa shape index (κ3) is 4.26. The topological polar surface area (TPSA) is 52.7 Å². The lowest BCUT2D eigenvalue weighted by Gasteiger charge is -2.32. The van der Waals surface area contributed by atoms with Crippen molar-refractivity contribution < 1.29 is 9.59 Å². The Kier molecular flexibility index (Phi) is 6.14. The van der Waals surface area contributed by atoms with E-state index in [1.807, 2.05) is 80.6 Å². The summed E-state index contributed by atoms with van der Waals surface area (Å²) in [5, 5.41) is 1.79. The second kappa shape index (κ2) is 9.06. The Morgan fingerprint density at radius 1 is 1.03 bits per heavy atom. The maximum atomic E-state index is 13.5. The van der Waals surface area contributed by atoms with E-state index in [1.54, 1.807) is 33.4 Å². The van der Waals surface area contributed by atoms with E-state index in [0.717, 1.165) is 32.3 Å².